The molecule has 0 fully saturated rings. The molecule has 0 aromatic heterocycles. The third-order valence-corrected chi connectivity index (χ3v) is 9.32. The number of quaternary nitrogens is 1. The average molecular weight is 723 g/mol. The lowest BCUT2D eigenvalue weighted by Gasteiger charge is -2.31. The summed E-state index contributed by atoms with van der Waals surface area (Å²) in [5.74, 6) is -1.49. The second-order valence-electron chi connectivity index (χ2n) is 15.2. The molecule has 0 saturated carbocycles. The van der Waals surface area contributed by atoms with Crippen LogP contribution in [0.25, 0.3) is 0 Å². The third-order valence-electron chi connectivity index (χ3n) is 9.32. The number of hydrogen-bond acceptors (Lipinski definition) is 6. The van der Waals surface area contributed by atoms with Gasteiger partial charge in [0.2, 0.25) is 0 Å². The van der Waals surface area contributed by atoms with Crippen molar-refractivity contribution < 1.29 is 38.2 Å². The van der Waals surface area contributed by atoms with Crippen LogP contribution in [0.15, 0.2) is 24.3 Å². The molecule has 0 aliphatic carbocycles. The Labute approximate surface area is 313 Å². The van der Waals surface area contributed by atoms with Crippen LogP contribution in [-0.2, 0) is 28.6 Å². The van der Waals surface area contributed by atoms with Crippen molar-refractivity contribution in [2.45, 2.75) is 193 Å². The molecular formula is C43H80NO7+. The Bertz CT molecular complexity index is 895. The van der Waals surface area contributed by atoms with Crippen LogP contribution < -0.4 is 0 Å². The van der Waals surface area contributed by atoms with E-state index in [0.717, 1.165) is 64.2 Å². The van der Waals surface area contributed by atoms with Gasteiger partial charge in [-0.25, -0.2) is 4.79 Å². The lowest BCUT2D eigenvalue weighted by Crippen LogP contribution is -2.50. The predicted molar refractivity (Wildman–Crippen MR) is 211 cm³/mol. The van der Waals surface area contributed by atoms with Crippen molar-refractivity contribution in [1.29, 1.82) is 0 Å². The van der Waals surface area contributed by atoms with E-state index in [1.54, 1.807) is 0 Å². The minimum Gasteiger partial charge on any atom is -0.477 e. The Hall–Kier alpha value is -2.19. The second-order valence-corrected chi connectivity index (χ2v) is 15.2. The molecule has 1 N–H and O–H groups in total. The normalized spacial score (nSPS) is 13.2. The monoisotopic (exact) mass is 723 g/mol. The number of nitrogens with zero attached hydrogens (tertiary/aromatic N) is 1. The van der Waals surface area contributed by atoms with Crippen molar-refractivity contribution in [3.8, 4) is 0 Å². The maximum atomic E-state index is 12.7. The highest BCUT2D eigenvalue weighted by Crippen LogP contribution is 2.13. The van der Waals surface area contributed by atoms with E-state index in [1.165, 1.54) is 83.5 Å². The highest BCUT2D eigenvalue weighted by atomic mass is 16.6. The van der Waals surface area contributed by atoms with E-state index in [1.807, 2.05) is 21.1 Å². The summed E-state index contributed by atoms with van der Waals surface area (Å²) in [5.41, 5.74) is 0. The van der Waals surface area contributed by atoms with E-state index in [4.69, 9.17) is 14.2 Å². The molecule has 0 aromatic carbocycles. The summed E-state index contributed by atoms with van der Waals surface area (Å²) in [6, 6.07) is -0.614. The van der Waals surface area contributed by atoms with Crippen LogP contribution in [0.4, 0.5) is 0 Å². The van der Waals surface area contributed by atoms with E-state index in [-0.39, 0.29) is 36.2 Å². The van der Waals surface area contributed by atoms with Gasteiger partial charge in [-0.1, -0.05) is 128 Å². The van der Waals surface area contributed by atoms with Gasteiger partial charge in [-0.2, -0.15) is 0 Å². The van der Waals surface area contributed by atoms with Gasteiger partial charge in [-0.3, -0.25) is 9.59 Å². The van der Waals surface area contributed by atoms with Gasteiger partial charge >= 0.3 is 17.9 Å². The van der Waals surface area contributed by atoms with Crippen molar-refractivity contribution in [1.82, 2.24) is 0 Å². The summed E-state index contributed by atoms with van der Waals surface area (Å²) in [7, 11) is 5.52. The number of aliphatic carboxylic acids is 1. The van der Waals surface area contributed by atoms with Gasteiger partial charge in [0.1, 0.15) is 6.61 Å². The average Bonchev–Trinajstić information content (AvgIpc) is 3.08. The summed E-state index contributed by atoms with van der Waals surface area (Å²) in [4.78, 5) is 36.8. The molecule has 8 nitrogen and oxygen atoms in total. The number of ether oxygens (including phenoxy) is 3. The van der Waals surface area contributed by atoms with Crippen molar-refractivity contribution in [3.05, 3.63) is 24.3 Å². The molecule has 0 heterocycles. The number of carbonyl (C=O) groups is 3. The molecule has 0 rings (SSSR count). The fraction of sp³-hybridized carbons (Fsp3) is 0.837. The van der Waals surface area contributed by atoms with E-state index in [0.29, 0.717) is 19.3 Å². The largest absolute Gasteiger partial charge is 0.477 e. The Kier molecular flexibility index (Phi) is 33.4. The number of unbranched alkanes of at least 4 members (excludes halogenated alkanes) is 19. The Morgan fingerprint density at radius 1 is 0.569 bits per heavy atom. The molecule has 51 heavy (non-hydrogen) atoms. The quantitative estimate of drug-likeness (QED) is 0.0295. The number of likely N-dealkylation sites (N-methyl/N-ethyl adjacent to an activating group) is 1. The van der Waals surface area contributed by atoms with E-state index >= 15 is 0 Å². The lowest BCUT2D eigenvalue weighted by atomic mass is 10.1. The molecule has 0 amide bonds. The third kappa shape index (κ3) is 33.4. The number of carbonyl (C=O) groups excluding carboxylic acids is 2. The molecule has 0 aliphatic heterocycles. The number of allylic oxidation sites excluding steroid dienone is 4. The molecule has 0 aliphatic rings. The van der Waals surface area contributed by atoms with E-state index in [2.05, 4.69) is 38.2 Å². The summed E-state index contributed by atoms with van der Waals surface area (Å²) in [6.07, 6.45) is 36.4. The van der Waals surface area contributed by atoms with Crippen molar-refractivity contribution in [2.24, 2.45) is 0 Å². The van der Waals surface area contributed by atoms with Crippen LogP contribution in [0.1, 0.15) is 181 Å². The number of hydrogen-bond donors (Lipinski definition) is 1. The molecule has 0 bridgehead atoms. The highest BCUT2D eigenvalue weighted by molar-refractivity contribution is 5.72. The molecule has 2 atom stereocenters. The minimum absolute atomic E-state index is 0.0564. The van der Waals surface area contributed by atoms with Gasteiger partial charge in [0.25, 0.3) is 0 Å². The molecule has 2 unspecified atom stereocenters. The van der Waals surface area contributed by atoms with Crippen molar-refractivity contribution in [2.75, 3.05) is 41.0 Å². The maximum absolute atomic E-state index is 12.7. The van der Waals surface area contributed by atoms with Crippen LogP contribution in [0.3, 0.4) is 0 Å². The molecular weight excluding hydrogens is 642 g/mol. The summed E-state index contributed by atoms with van der Waals surface area (Å²) < 4.78 is 17.2. The first-order valence-corrected chi connectivity index (χ1v) is 20.9. The van der Waals surface area contributed by atoms with Crippen LogP contribution in [0.2, 0.25) is 0 Å². The second kappa shape index (κ2) is 34.9. The fourth-order valence-electron chi connectivity index (χ4n) is 6.01. The molecule has 0 spiro atoms. The van der Waals surface area contributed by atoms with Gasteiger partial charge in [0, 0.05) is 19.3 Å². The zero-order valence-corrected chi connectivity index (χ0v) is 33.8. The van der Waals surface area contributed by atoms with Crippen molar-refractivity contribution >= 4 is 17.9 Å². The standard InChI is InChI=1S/C43H79NO7/c1-6-8-10-12-14-16-18-19-20-21-22-24-26-28-30-32-34-42(46)51-39(37-49-36-35-40(43(47)48)44(3,4)5)38-50-41(45)33-31-29-27-25-23-17-15-13-11-9-7-2/h13,15,20-21,39-40H,6-12,14,16-19,22-38H2,1-5H3/p+1/b15-13-,21-20-. The SMILES string of the molecule is CCCC/C=C\CCCCCCCC(=O)OCC(COCCC(C(=O)O)[N+](C)(C)C)OC(=O)CCCCCCC/C=C\CCCCCCCCC. The highest BCUT2D eigenvalue weighted by Gasteiger charge is 2.31. The van der Waals surface area contributed by atoms with Crippen LogP contribution in [-0.4, -0.2) is 80.6 Å². The fourth-order valence-corrected chi connectivity index (χ4v) is 6.01. The minimum atomic E-state index is -0.877. The summed E-state index contributed by atoms with van der Waals surface area (Å²) >= 11 is 0. The Balaban J connectivity index is 4.38. The summed E-state index contributed by atoms with van der Waals surface area (Å²) in [5, 5.41) is 9.59. The molecule has 0 radical (unpaired) electrons. The predicted octanol–water partition coefficient (Wildman–Crippen LogP) is 10.9. The summed E-state index contributed by atoms with van der Waals surface area (Å²) in [6.45, 7) is 4.68. The number of carboxylic acid groups (broad SMARTS) is 1. The Morgan fingerprint density at radius 2 is 1.00 bits per heavy atom. The van der Waals surface area contributed by atoms with Gasteiger partial charge in [-0.05, 0) is 57.8 Å². The zero-order chi connectivity index (χ0) is 37.8. The smallest absolute Gasteiger partial charge is 0.362 e. The lowest BCUT2D eigenvalue weighted by molar-refractivity contribution is -0.887. The molecule has 0 saturated heterocycles. The number of carboxylic acids is 1. The van der Waals surface area contributed by atoms with Gasteiger partial charge < -0.3 is 23.8 Å². The van der Waals surface area contributed by atoms with Gasteiger partial charge in [-0.15, -0.1) is 0 Å². The number of esters is 2. The van der Waals surface area contributed by atoms with E-state index < -0.39 is 18.1 Å². The van der Waals surface area contributed by atoms with Gasteiger partial charge in [0.05, 0.1) is 34.4 Å². The first-order chi connectivity index (χ1) is 24.6. The molecule has 298 valence electrons. The van der Waals surface area contributed by atoms with Gasteiger partial charge in [0.15, 0.2) is 12.1 Å². The Morgan fingerprint density at radius 3 is 1.47 bits per heavy atom. The van der Waals surface area contributed by atoms with Crippen molar-refractivity contribution in [3.63, 3.8) is 0 Å². The maximum Gasteiger partial charge on any atom is 0.362 e. The van der Waals surface area contributed by atoms with Crippen LogP contribution in [0.5, 0.6) is 0 Å². The molecule has 0 aromatic rings. The topological polar surface area (TPSA) is 99.1 Å². The number of rotatable bonds is 37. The van der Waals surface area contributed by atoms with Crippen LogP contribution in [0, 0.1) is 0 Å². The zero-order valence-electron chi connectivity index (χ0n) is 33.8. The van der Waals surface area contributed by atoms with E-state index in [9.17, 15) is 19.5 Å². The van der Waals surface area contributed by atoms with Crippen LogP contribution >= 0.6 is 0 Å². The first-order valence-electron chi connectivity index (χ1n) is 20.9. The first kappa shape index (κ1) is 48.8. The molecule has 8 heteroatoms.